The van der Waals surface area contributed by atoms with Crippen LogP contribution in [0.15, 0.2) is 28.7 Å². The molecule has 1 heterocycles. The maximum absolute atomic E-state index is 11.9. The number of carbonyl (C=O) groups is 1. The summed E-state index contributed by atoms with van der Waals surface area (Å²) in [5.74, 6) is 0.149. The minimum absolute atomic E-state index is 0.149. The van der Waals surface area contributed by atoms with Gasteiger partial charge >= 0.3 is 0 Å². The summed E-state index contributed by atoms with van der Waals surface area (Å²) in [5.41, 5.74) is 0.752. The van der Waals surface area contributed by atoms with Gasteiger partial charge in [0, 0.05) is 11.0 Å². The van der Waals surface area contributed by atoms with Gasteiger partial charge in [0.25, 0.3) is 0 Å². The quantitative estimate of drug-likeness (QED) is 0.833. The SMILES string of the molecule is CC1(c2ccc(Br)cc2)CCCNC1=O. The Morgan fingerprint density at radius 2 is 2.00 bits per heavy atom. The zero-order chi connectivity index (χ0) is 10.9. The fourth-order valence-electron chi connectivity index (χ4n) is 2.05. The van der Waals surface area contributed by atoms with E-state index in [0.29, 0.717) is 0 Å². The summed E-state index contributed by atoms with van der Waals surface area (Å²) in [6.07, 6.45) is 1.98. The molecule has 80 valence electrons. The first-order chi connectivity index (χ1) is 7.13. The number of piperidine rings is 1. The van der Waals surface area contributed by atoms with Crippen molar-refractivity contribution in [3.8, 4) is 0 Å². The fraction of sp³-hybridized carbons (Fsp3) is 0.417. The molecule has 0 bridgehead atoms. The largest absolute Gasteiger partial charge is 0.355 e. The van der Waals surface area contributed by atoms with Gasteiger partial charge in [-0.2, -0.15) is 0 Å². The number of hydrogen-bond donors (Lipinski definition) is 1. The zero-order valence-corrected chi connectivity index (χ0v) is 10.3. The van der Waals surface area contributed by atoms with Crippen LogP contribution in [0.25, 0.3) is 0 Å². The smallest absolute Gasteiger partial charge is 0.230 e. The van der Waals surface area contributed by atoms with Gasteiger partial charge in [-0.3, -0.25) is 4.79 Å². The van der Waals surface area contributed by atoms with Crippen LogP contribution in [0.4, 0.5) is 0 Å². The van der Waals surface area contributed by atoms with Gasteiger partial charge in [0.15, 0.2) is 0 Å². The van der Waals surface area contributed by atoms with Gasteiger partial charge in [-0.05, 0) is 37.5 Å². The average molecular weight is 268 g/mol. The van der Waals surface area contributed by atoms with Gasteiger partial charge in [-0.15, -0.1) is 0 Å². The highest BCUT2D eigenvalue weighted by Crippen LogP contribution is 2.32. The van der Waals surface area contributed by atoms with E-state index in [9.17, 15) is 4.79 Å². The van der Waals surface area contributed by atoms with Crippen LogP contribution in [-0.2, 0) is 10.2 Å². The molecule has 15 heavy (non-hydrogen) atoms. The van der Waals surface area contributed by atoms with Crippen LogP contribution in [0.2, 0.25) is 0 Å². The second-order valence-electron chi connectivity index (χ2n) is 4.20. The Bertz CT molecular complexity index is 374. The lowest BCUT2D eigenvalue weighted by Gasteiger charge is -2.33. The molecule has 1 aliphatic heterocycles. The highest BCUT2D eigenvalue weighted by atomic mass is 79.9. The van der Waals surface area contributed by atoms with Crippen LogP contribution in [0.5, 0.6) is 0 Å². The fourth-order valence-corrected chi connectivity index (χ4v) is 2.31. The molecule has 1 aliphatic rings. The van der Waals surface area contributed by atoms with Crippen molar-refractivity contribution < 1.29 is 4.79 Å². The lowest BCUT2D eigenvalue weighted by atomic mass is 9.76. The Kier molecular flexibility index (Phi) is 2.83. The summed E-state index contributed by atoms with van der Waals surface area (Å²) in [6.45, 7) is 2.83. The van der Waals surface area contributed by atoms with E-state index in [1.807, 2.05) is 31.2 Å². The molecule has 2 nitrogen and oxygen atoms in total. The predicted molar refractivity (Wildman–Crippen MR) is 63.7 cm³/mol. The molecule has 1 aromatic carbocycles. The molecule has 0 radical (unpaired) electrons. The minimum Gasteiger partial charge on any atom is -0.355 e. The standard InChI is InChI=1S/C12H14BrNO/c1-12(7-2-8-14-11(12)15)9-3-5-10(13)6-4-9/h3-6H,2,7-8H2,1H3,(H,14,15). The first kappa shape index (κ1) is 10.7. The van der Waals surface area contributed by atoms with Gasteiger partial charge in [-0.25, -0.2) is 0 Å². The van der Waals surface area contributed by atoms with Gasteiger partial charge in [0.2, 0.25) is 5.91 Å². The van der Waals surface area contributed by atoms with Crippen LogP contribution in [-0.4, -0.2) is 12.5 Å². The number of halogens is 1. The summed E-state index contributed by atoms with van der Waals surface area (Å²) in [7, 11) is 0. The average Bonchev–Trinajstić information content (AvgIpc) is 2.23. The summed E-state index contributed by atoms with van der Waals surface area (Å²) < 4.78 is 1.05. The van der Waals surface area contributed by atoms with Gasteiger partial charge < -0.3 is 5.32 Å². The first-order valence-electron chi connectivity index (χ1n) is 5.17. The second-order valence-corrected chi connectivity index (χ2v) is 5.11. The van der Waals surface area contributed by atoms with Crippen LogP contribution in [0, 0.1) is 0 Å². The molecule has 1 fully saturated rings. The highest BCUT2D eigenvalue weighted by molar-refractivity contribution is 9.10. The van der Waals surface area contributed by atoms with Crippen LogP contribution >= 0.6 is 15.9 Å². The summed E-state index contributed by atoms with van der Waals surface area (Å²) in [6, 6.07) is 8.02. The molecule has 1 aromatic rings. The van der Waals surface area contributed by atoms with E-state index >= 15 is 0 Å². The molecule has 0 saturated carbocycles. The Labute approximate surface area is 98.2 Å². The van der Waals surface area contributed by atoms with Crippen molar-refractivity contribution >= 4 is 21.8 Å². The molecule has 2 rings (SSSR count). The normalized spacial score (nSPS) is 26.1. The second kappa shape index (κ2) is 3.97. The van der Waals surface area contributed by atoms with Crippen molar-refractivity contribution in [1.82, 2.24) is 5.32 Å². The van der Waals surface area contributed by atoms with Crippen molar-refractivity contribution in [2.45, 2.75) is 25.2 Å². The molecule has 1 saturated heterocycles. The molecule has 3 heteroatoms. The topological polar surface area (TPSA) is 29.1 Å². The van der Waals surface area contributed by atoms with E-state index in [0.717, 1.165) is 29.4 Å². The molecule has 0 aromatic heterocycles. The zero-order valence-electron chi connectivity index (χ0n) is 8.72. The summed E-state index contributed by atoms with van der Waals surface area (Å²) in [4.78, 5) is 11.9. The Morgan fingerprint density at radius 3 is 2.60 bits per heavy atom. The monoisotopic (exact) mass is 267 g/mol. The predicted octanol–water partition coefficient (Wildman–Crippen LogP) is 2.62. The highest BCUT2D eigenvalue weighted by Gasteiger charge is 2.36. The molecule has 0 aliphatic carbocycles. The van der Waals surface area contributed by atoms with Crippen molar-refractivity contribution in [2.24, 2.45) is 0 Å². The summed E-state index contributed by atoms with van der Waals surface area (Å²) in [5, 5.41) is 2.94. The van der Waals surface area contributed by atoms with Gasteiger partial charge in [0.1, 0.15) is 0 Å². The lowest BCUT2D eigenvalue weighted by molar-refractivity contribution is -0.128. The van der Waals surface area contributed by atoms with Crippen molar-refractivity contribution in [1.29, 1.82) is 0 Å². The maximum Gasteiger partial charge on any atom is 0.230 e. The number of rotatable bonds is 1. The molecular weight excluding hydrogens is 254 g/mol. The summed E-state index contributed by atoms with van der Waals surface area (Å²) >= 11 is 3.40. The van der Waals surface area contributed by atoms with Crippen molar-refractivity contribution in [2.75, 3.05) is 6.54 Å². The number of benzene rings is 1. The lowest BCUT2D eigenvalue weighted by Crippen LogP contribution is -2.46. The van der Waals surface area contributed by atoms with Crippen LogP contribution < -0.4 is 5.32 Å². The van der Waals surface area contributed by atoms with E-state index in [2.05, 4.69) is 21.2 Å². The van der Waals surface area contributed by atoms with E-state index in [1.165, 1.54) is 0 Å². The molecule has 1 N–H and O–H groups in total. The molecular formula is C12H14BrNO. The van der Waals surface area contributed by atoms with Gasteiger partial charge in [-0.1, -0.05) is 28.1 Å². The third-order valence-corrected chi connectivity index (χ3v) is 3.65. The minimum atomic E-state index is -0.348. The van der Waals surface area contributed by atoms with E-state index in [4.69, 9.17) is 0 Å². The number of amides is 1. The van der Waals surface area contributed by atoms with E-state index in [1.54, 1.807) is 0 Å². The molecule has 1 unspecified atom stereocenters. The van der Waals surface area contributed by atoms with E-state index in [-0.39, 0.29) is 11.3 Å². The van der Waals surface area contributed by atoms with Crippen LogP contribution in [0.3, 0.4) is 0 Å². The number of carbonyl (C=O) groups excluding carboxylic acids is 1. The number of nitrogens with one attached hydrogen (secondary N) is 1. The molecule has 1 atom stereocenters. The Morgan fingerprint density at radius 1 is 1.33 bits per heavy atom. The third kappa shape index (κ3) is 1.93. The van der Waals surface area contributed by atoms with Gasteiger partial charge in [0.05, 0.1) is 5.41 Å². The van der Waals surface area contributed by atoms with Crippen molar-refractivity contribution in [3.63, 3.8) is 0 Å². The molecule has 0 spiro atoms. The number of hydrogen-bond acceptors (Lipinski definition) is 1. The maximum atomic E-state index is 11.9. The Hall–Kier alpha value is -0.830. The Balaban J connectivity index is 2.35. The third-order valence-electron chi connectivity index (χ3n) is 3.12. The first-order valence-corrected chi connectivity index (χ1v) is 5.96. The molecule has 1 amide bonds. The van der Waals surface area contributed by atoms with E-state index < -0.39 is 0 Å². The van der Waals surface area contributed by atoms with Crippen LogP contribution in [0.1, 0.15) is 25.3 Å². The van der Waals surface area contributed by atoms with Crippen molar-refractivity contribution in [3.05, 3.63) is 34.3 Å².